The minimum Gasteiger partial charge on any atom is -0.465 e. The van der Waals surface area contributed by atoms with Crippen molar-refractivity contribution in [2.75, 3.05) is 39.3 Å². The first-order valence-electron chi connectivity index (χ1n) is 6.03. The molecule has 98 valence electrons. The Morgan fingerprint density at radius 3 is 2.65 bits per heavy atom. The predicted molar refractivity (Wildman–Crippen MR) is 63.5 cm³/mol. The third-order valence-corrected chi connectivity index (χ3v) is 2.79. The van der Waals surface area contributed by atoms with Crippen molar-refractivity contribution in [2.45, 2.75) is 19.9 Å². The Hall–Kier alpha value is -1.14. The van der Waals surface area contributed by atoms with Gasteiger partial charge in [0.25, 0.3) is 0 Å². The van der Waals surface area contributed by atoms with Crippen LogP contribution in [0.1, 0.15) is 13.8 Å². The zero-order valence-electron chi connectivity index (χ0n) is 10.5. The molecule has 1 heterocycles. The van der Waals surface area contributed by atoms with Gasteiger partial charge >= 0.3 is 5.97 Å². The van der Waals surface area contributed by atoms with Crippen molar-refractivity contribution in [3.8, 4) is 0 Å². The van der Waals surface area contributed by atoms with Gasteiger partial charge in [-0.05, 0) is 13.8 Å². The number of amides is 1. The highest BCUT2D eigenvalue weighted by Gasteiger charge is 2.22. The third-order valence-electron chi connectivity index (χ3n) is 2.79. The molecule has 0 aliphatic carbocycles. The van der Waals surface area contributed by atoms with E-state index < -0.39 is 5.97 Å². The second kappa shape index (κ2) is 7.24. The maximum Gasteiger partial charge on any atom is 0.325 e. The third kappa shape index (κ3) is 4.70. The molecule has 6 heteroatoms. The van der Waals surface area contributed by atoms with Crippen LogP contribution in [-0.4, -0.2) is 62.1 Å². The van der Waals surface area contributed by atoms with Gasteiger partial charge in [0.15, 0.2) is 0 Å². The fourth-order valence-corrected chi connectivity index (χ4v) is 1.75. The number of rotatable bonds is 5. The van der Waals surface area contributed by atoms with Gasteiger partial charge in [0, 0.05) is 26.2 Å². The molecule has 0 saturated carbocycles. The number of ether oxygens (including phenoxy) is 1. The first-order valence-corrected chi connectivity index (χ1v) is 6.03. The van der Waals surface area contributed by atoms with Crippen molar-refractivity contribution in [1.82, 2.24) is 15.5 Å². The van der Waals surface area contributed by atoms with E-state index in [-0.39, 0.29) is 18.5 Å². The molecule has 1 unspecified atom stereocenters. The molecule has 0 aromatic rings. The second-order valence-corrected chi connectivity index (χ2v) is 3.98. The van der Waals surface area contributed by atoms with Crippen LogP contribution in [-0.2, 0) is 14.3 Å². The van der Waals surface area contributed by atoms with Crippen molar-refractivity contribution >= 4 is 11.9 Å². The molecular weight excluding hydrogens is 222 g/mol. The van der Waals surface area contributed by atoms with Gasteiger partial charge in [-0.3, -0.25) is 14.5 Å². The number of nitrogens with zero attached hydrogens (tertiary/aromatic N) is 1. The van der Waals surface area contributed by atoms with Crippen LogP contribution in [0.5, 0.6) is 0 Å². The molecule has 1 rings (SSSR count). The molecule has 0 aromatic carbocycles. The van der Waals surface area contributed by atoms with Crippen molar-refractivity contribution in [1.29, 1.82) is 0 Å². The quantitative estimate of drug-likeness (QED) is 0.604. The van der Waals surface area contributed by atoms with E-state index >= 15 is 0 Å². The van der Waals surface area contributed by atoms with Gasteiger partial charge in [0.05, 0.1) is 12.6 Å². The van der Waals surface area contributed by atoms with Crippen LogP contribution in [0.3, 0.4) is 0 Å². The average Bonchev–Trinajstić information content (AvgIpc) is 2.36. The van der Waals surface area contributed by atoms with Gasteiger partial charge in [0.2, 0.25) is 5.91 Å². The first kappa shape index (κ1) is 13.9. The summed E-state index contributed by atoms with van der Waals surface area (Å²) in [6, 6.07) is -0.202. The highest BCUT2D eigenvalue weighted by Crippen LogP contribution is 2.00. The average molecular weight is 243 g/mol. The number of hydrogen-bond donors (Lipinski definition) is 2. The Kier molecular flexibility index (Phi) is 5.93. The van der Waals surface area contributed by atoms with E-state index in [1.165, 1.54) is 0 Å². The summed E-state index contributed by atoms with van der Waals surface area (Å²) in [6.07, 6.45) is 0. The smallest absolute Gasteiger partial charge is 0.325 e. The van der Waals surface area contributed by atoms with Gasteiger partial charge in [-0.25, -0.2) is 0 Å². The predicted octanol–water partition coefficient (Wildman–Crippen LogP) is -1.04. The monoisotopic (exact) mass is 243 g/mol. The summed E-state index contributed by atoms with van der Waals surface area (Å²) in [7, 11) is 0. The molecule has 1 aliphatic rings. The molecule has 0 aromatic heterocycles. The van der Waals surface area contributed by atoms with Crippen LogP contribution < -0.4 is 10.6 Å². The van der Waals surface area contributed by atoms with Crippen molar-refractivity contribution in [2.24, 2.45) is 0 Å². The zero-order valence-corrected chi connectivity index (χ0v) is 10.5. The number of carbonyl (C=O) groups excluding carboxylic acids is 2. The maximum atomic E-state index is 11.8. The number of carbonyl (C=O) groups is 2. The van der Waals surface area contributed by atoms with E-state index in [1.807, 2.05) is 6.92 Å². The summed E-state index contributed by atoms with van der Waals surface area (Å²) < 4.78 is 4.74. The molecule has 6 nitrogen and oxygen atoms in total. The molecule has 0 bridgehead atoms. The SMILES string of the molecule is CCOC(=O)CNC(=O)C(C)N1CCNCC1. The minimum absolute atomic E-state index is 0.0525. The molecule has 1 aliphatic heterocycles. The van der Waals surface area contributed by atoms with E-state index in [0.717, 1.165) is 26.2 Å². The van der Waals surface area contributed by atoms with E-state index in [1.54, 1.807) is 6.92 Å². The number of esters is 1. The summed E-state index contributed by atoms with van der Waals surface area (Å²) in [5, 5.41) is 5.82. The molecule has 2 N–H and O–H groups in total. The van der Waals surface area contributed by atoms with Gasteiger partial charge in [-0.1, -0.05) is 0 Å². The lowest BCUT2D eigenvalue weighted by Gasteiger charge is -2.31. The summed E-state index contributed by atoms with van der Waals surface area (Å²) in [4.78, 5) is 25.0. The fraction of sp³-hybridized carbons (Fsp3) is 0.818. The van der Waals surface area contributed by atoms with Gasteiger partial charge in [-0.2, -0.15) is 0 Å². The number of nitrogens with one attached hydrogen (secondary N) is 2. The molecule has 0 radical (unpaired) electrons. The van der Waals surface area contributed by atoms with E-state index in [9.17, 15) is 9.59 Å². The maximum absolute atomic E-state index is 11.8. The van der Waals surface area contributed by atoms with Crippen LogP contribution in [0.15, 0.2) is 0 Å². The van der Waals surface area contributed by atoms with Crippen molar-refractivity contribution < 1.29 is 14.3 Å². The molecule has 1 amide bonds. The highest BCUT2D eigenvalue weighted by atomic mass is 16.5. The van der Waals surface area contributed by atoms with Gasteiger partial charge < -0.3 is 15.4 Å². The summed E-state index contributed by atoms with van der Waals surface area (Å²) in [5.41, 5.74) is 0. The lowest BCUT2D eigenvalue weighted by molar-refractivity contribution is -0.143. The standard InChI is InChI=1S/C11H21N3O3/c1-3-17-10(15)8-13-11(16)9(2)14-6-4-12-5-7-14/h9,12H,3-8H2,1-2H3,(H,13,16). The van der Waals surface area contributed by atoms with Crippen LogP contribution in [0, 0.1) is 0 Å². The highest BCUT2D eigenvalue weighted by molar-refractivity contribution is 5.85. The lowest BCUT2D eigenvalue weighted by Crippen LogP contribution is -2.53. The van der Waals surface area contributed by atoms with Gasteiger partial charge in [-0.15, -0.1) is 0 Å². The van der Waals surface area contributed by atoms with E-state index in [4.69, 9.17) is 4.74 Å². The summed E-state index contributed by atoms with van der Waals surface area (Å²) in [5.74, 6) is -0.520. The Morgan fingerprint density at radius 1 is 1.41 bits per heavy atom. The zero-order chi connectivity index (χ0) is 12.7. The van der Waals surface area contributed by atoms with Crippen molar-refractivity contribution in [3.63, 3.8) is 0 Å². The Balaban J connectivity index is 2.28. The first-order chi connectivity index (χ1) is 8.15. The summed E-state index contributed by atoms with van der Waals surface area (Å²) >= 11 is 0. The Bertz CT molecular complexity index is 265. The largest absolute Gasteiger partial charge is 0.465 e. The minimum atomic E-state index is -0.395. The lowest BCUT2D eigenvalue weighted by atomic mass is 10.2. The Morgan fingerprint density at radius 2 is 2.06 bits per heavy atom. The molecule has 0 spiro atoms. The van der Waals surface area contributed by atoms with E-state index in [0.29, 0.717) is 6.61 Å². The van der Waals surface area contributed by atoms with Crippen LogP contribution in [0.2, 0.25) is 0 Å². The normalized spacial score (nSPS) is 18.5. The fourth-order valence-electron chi connectivity index (χ4n) is 1.75. The molecule has 1 saturated heterocycles. The molecule has 1 fully saturated rings. The molecular formula is C11H21N3O3. The number of piperazine rings is 1. The topological polar surface area (TPSA) is 70.7 Å². The van der Waals surface area contributed by atoms with Gasteiger partial charge in [0.1, 0.15) is 6.54 Å². The number of hydrogen-bond acceptors (Lipinski definition) is 5. The van der Waals surface area contributed by atoms with Crippen molar-refractivity contribution in [3.05, 3.63) is 0 Å². The van der Waals surface area contributed by atoms with E-state index in [2.05, 4.69) is 15.5 Å². The van der Waals surface area contributed by atoms with Crippen LogP contribution in [0.4, 0.5) is 0 Å². The van der Waals surface area contributed by atoms with Crippen LogP contribution in [0.25, 0.3) is 0 Å². The summed E-state index contributed by atoms with van der Waals surface area (Å²) in [6.45, 7) is 7.38. The molecule has 1 atom stereocenters. The Labute approximate surface area is 102 Å². The second-order valence-electron chi connectivity index (χ2n) is 3.98. The van der Waals surface area contributed by atoms with Crippen LogP contribution >= 0.6 is 0 Å². The molecule has 17 heavy (non-hydrogen) atoms.